The number of rotatable bonds is 2. The minimum atomic E-state index is -0.568. The standard InChI is InChI=1S/C10H16O2S/c11-10(12)8-5-6-13-9(8)7-3-1-2-4-7/h7-9H,1-6H2,(H,11,12). The number of hydrogen-bond acceptors (Lipinski definition) is 2. The van der Waals surface area contributed by atoms with Crippen molar-refractivity contribution in [1.82, 2.24) is 0 Å². The minimum absolute atomic E-state index is 0.0481. The molecule has 1 N–H and O–H groups in total. The van der Waals surface area contributed by atoms with E-state index >= 15 is 0 Å². The monoisotopic (exact) mass is 200 g/mol. The van der Waals surface area contributed by atoms with Crippen molar-refractivity contribution in [2.45, 2.75) is 37.4 Å². The third-order valence-electron chi connectivity index (χ3n) is 3.32. The molecule has 0 aromatic heterocycles. The lowest BCUT2D eigenvalue weighted by molar-refractivity contribution is -0.141. The Hall–Kier alpha value is -0.180. The molecule has 1 saturated heterocycles. The van der Waals surface area contributed by atoms with Crippen molar-refractivity contribution in [1.29, 1.82) is 0 Å². The molecule has 74 valence electrons. The van der Waals surface area contributed by atoms with Crippen molar-refractivity contribution in [3.63, 3.8) is 0 Å². The van der Waals surface area contributed by atoms with Crippen LogP contribution in [0.25, 0.3) is 0 Å². The quantitative estimate of drug-likeness (QED) is 0.743. The first-order valence-corrected chi connectivity index (χ1v) is 6.18. The number of thioether (sulfide) groups is 1. The van der Waals surface area contributed by atoms with Crippen LogP contribution in [-0.2, 0) is 4.79 Å². The van der Waals surface area contributed by atoms with E-state index in [-0.39, 0.29) is 5.92 Å². The maximum atomic E-state index is 11.0. The number of carbonyl (C=O) groups is 1. The van der Waals surface area contributed by atoms with Crippen molar-refractivity contribution < 1.29 is 9.90 Å². The molecule has 3 heteroatoms. The molecule has 1 aliphatic heterocycles. The van der Waals surface area contributed by atoms with Crippen LogP contribution in [0.1, 0.15) is 32.1 Å². The number of aliphatic carboxylic acids is 1. The summed E-state index contributed by atoms with van der Waals surface area (Å²) in [5.41, 5.74) is 0. The van der Waals surface area contributed by atoms with Crippen LogP contribution in [0.3, 0.4) is 0 Å². The Labute approximate surface area is 83.1 Å². The fraction of sp³-hybridized carbons (Fsp3) is 0.900. The summed E-state index contributed by atoms with van der Waals surface area (Å²) < 4.78 is 0. The Kier molecular flexibility index (Phi) is 2.82. The maximum absolute atomic E-state index is 11.0. The van der Waals surface area contributed by atoms with Crippen LogP contribution in [0.15, 0.2) is 0 Å². The van der Waals surface area contributed by atoms with Gasteiger partial charge in [0.2, 0.25) is 0 Å². The highest BCUT2D eigenvalue weighted by atomic mass is 32.2. The van der Waals surface area contributed by atoms with Crippen LogP contribution >= 0.6 is 11.8 Å². The molecule has 13 heavy (non-hydrogen) atoms. The highest BCUT2D eigenvalue weighted by Gasteiger charge is 2.39. The van der Waals surface area contributed by atoms with E-state index in [1.165, 1.54) is 25.7 Å². The summed E-state index contributed by atoms with van der Waals surface area (Å²) in [5.74, 6) is 1.14. The fourth-order valence-corrected chi connectivity index (χ4v) is 4.32. The Bertz CT molecular complexity index is 199. The third-order valence-corrected chi connectivity index (χ3v) is 4.89. The molecule has 2 rings (SSSR count). The topological polar surface area (TPSA) is 37.3 Å². The molecule has 1 aliphatic carbocycles. The number of carboxylic acids is 1. The summed E-state index contributed by atoms with van der Waals surface area (Å²) in [6.45, 7) is 0. The van der Waals surface area contributed by atoms with E-state index < -0.39 is 5.97 Å². The Balaban J connectivity index is 2.00. The molecule has 0 spiro atoms. The third kappa shape index (κ3) is 1.85. The van der Waals surface area contributed by atoms with Gasteiger partial charge in [-0.25, -0.2) is 0 Å². The highest BCUT2D eigenvalue weighted by Crippen LogP contribution is 2.43. The molecule has 2 unspecified atom stereocenters. The largest absolute Gasteiger partial charge is 0.481 e. The van der Waals surface area contributed by atoms with E-state index in [4.69, 9.17) is 5.11 Å². The molecule has 1 saturated carbocycles. The molecule has 1 heterocycles. The van der Waals surface area contributed by atoms with E-state index in [2.05, 4.69) is 0 Å². The lowest BCUT2D eigenvalue weighted by atomic mass is 9.91. The molecule has 0 bridgehead atoms. The van der Waals surface area contributed by atoms with Gasteiger partial charge in [-0.1, -0.05) is 12.8 Å². The summed E-state index contributed by atoms with van der Waals surface area (Å²) in [6.07, 6.45) is 6.05. The van der Waals surface area contributed by atoms with Gasteiger partial charge in [0.15, 0.2) is 0 Å². The molecule has 0 amide bonds. The lowest BCUT2D eigenvalue weighted by Crippen LogP contribution is -2.26. The molecule has 2 nitrogen and oxygen atoms in total. The predicted molar refractivity (Wildman–Crippen MR) is 53.9 cm³/mol. The molecular formula is C10H16O2S. The van der Waals surface area contributed by atoms with Gasteiger partial charge in [0.25, 0.3) is 0 Å². The second-order valence-electron chi connectivity index (χ2n) is 4.11. The summed E-state index contributed by atoms with van der Waals surface area (Å²) in [6, 6.07) is 0. The van der Waals surface area contributed by atoms with Gasteiger partial charge in [-0.05, 0) is 30.9 Å². The Morgan fingerprint density at radius 2 is 1.92 bits per heavy atom. The van der Waals surface area contributed by atoms with Gasteiger partial charge >= 0.3 is 5.97 Å². The van der Waals surface area contributed by atoms with Crippen LogP contribution in [0.4, 0.5) is 0 Å². The van der Waals surface area contributed by atoms with Gasteiger partial charge in [-0.2, -0.15) is 11.8 Å². The van der Waals surface area contributed by atoms with E-state index in [0.29, 0.717) is 11.2 Å². The molecule has 2 atom stereocenters. The van der Waals surface area contributed by atoms with Gasteiger partial charge in [0, 0.05) is 5.25 Å². The van der Waals surface area contributed by atoms with E-state index in [1.54, 1.807) is 0 Å². The average molecular weight is 200 g/mol. The second-order valence-corrected chi connectivity index (χ2v) is 5.40. The van der Waals surface area contributed by atoms with E-state index in [9.17, 15) is 4.79 Å². The van der Waals surface area contributed by atoms with Gasteiger partial charge in [-0.3, -0.25) is 4.79 Å². The van der Waals surface area contributed by atoms with Crippen LogP contribution in [0, 0.1) is 11.8 Å². The summed E-state index contributed by atoms with van der Waals surface area (Å²) >= 11 is 1.90. The summed E-state index contributed by atoms with van der Waals surface area (Å²) in [5, 5.41) is 9.46. The number of hydrogen-bond donors (Lipinski definition) is 1. The molecule has 2 fully saturated rings. The molecule has 0 aromatic rings. The molecule has 0 aromatic carbocycles. The second kappa shape index (κ2) is 3.91. The van der Waals surface area contributed by atoms with Crippen LogP contribution in [0.5, 0.6) is 0 Å². The van der Waals surface area contributed by atoms with Crippen LogP contribution < -0.4 is 0 Å². The van der Waals surface area contributed by atoms with E-state index in [1.807, 2.05) is 11.8 Å². The smallest absolute Gasteiger partial charge is 0.307 e. The zero-order chi connectivity index (χ0) is 9.26. The zero-order valence-corrected chi connectivity index (χ0v) is 8.55. The maximum Gasteiger partial charge on any atom is 0.307 e. The fourth-order valence-electron chi connectivity index (χ4n) is 2.63. The first-order valence-electron chi connectivity index (χ1n) is 5.13. The zero-order valence-electron chi connectivity index (χ0n) is 7.74. The Morgan fingerprint density at radius 3 is 2.54 bits per heavy atom. The van der Waals surface area contributed by atoms with Crippen molar-refractivity contribution in [3.05, 3.63) is 0 Å². The number of carboxylic acid groups (broad SMARTS) is 1. The summed E-state index contributed by atoms with van der Waals surface area (Å²) in [4.78, 5) is 11.0. The SMILES string of the molecule is O=C(O)C1CCSC1C1CCCC1. The minimum Gasteiger partial charge on any atom is -0.481 e. The first-order chi connectivity index (χ1) is 6.29. The highest BCUT2D eigenvalue weighted by molar-refractivity contribution is 8.00. The molecular weight excluding hydrogens is 184 g/mol. The predicted octanol–water partition coefficient (Wildman–Crippen LogP) is 2.38. The molecule has 2 aliphatic rings. The van der Waals surface area contributed by atoms with Crippen molar-refractivity contribution >= 4 is 17.7 Å². The van der Waals surface area contributed by atoms with Crippen LogP contribution in [0.2, 0.25) is 0 Å². The lowest BCUT2D eigenvalue weighted by Gasteiger charge is -2.21. The van der Waals surface area contributed by atoms with Crippen molar-refractivity contribution in [2.75, 3.05) is 5.75 Å². The van der Waals surface area contributed by atoms with Gasteiger partial charge in [-0.15, -0.1) is 0 Å². The average Bonchev–Trinajstić information content (AvgIpc) is 2.74. The van der Waals surface area contributed by atoms with Crippen molar-refractivity contribution in [3.8, 4) is 0 Å². The van der Waals surface area contributed by atoms with Gasteiger partial charge < -0.3 is 5.11 Å². The van der Waals surface area contributed by atoms with Gasteiger partial charge in [0.1, 0.15) is 0 Å². The summed E-state index contributed by atoms with van der Waals surface area (Å²) in [7, 11) is 0. The van der Waals surface area contributed by atoms with Crippen molar-refractivity contribution in [2.24, 2.45) is 11.8 Å². The molecule has 0 radical (unpaired) electrons. The normalized spacial score (nSPS) is 35.4. The first kappa shape index (κ1) is 9.38. The van der Waals surface area contributed by atoms with Crippen LogP contribution in [-0.4, -0.2) is 22.1 Å². The van der Waals surface area contributed by atoms with E-state index in [0.717, 1.165) is 12.2 Å². The Morgan fingerprint density at radius 1 is 1.23 bits per heavy atom. The van der Waals surface area contributed by atoms with Gasteiger partial charge in [0.05, 0.1) is 5.92 Å².